The number of hydrogen-bond acceptors (Lipinski definition) is 4. The molecule has 2 N–H and O–H groups in total. The van der Waals surface area contributed by atoms with E-state index in [1.54, 1.807) is 0 Å². The highest BCUT2D eigenvalue weighted by atomic mass is 32.1. The molecular weight excluding hydrogens is 360 g/mol. The maximum absolute atomic E-state index is 13.1. The van der Waals surface area contributed by atoms with Gasteiger partial charge in [0.2, 0.25) is 5.91 Å². The lowest BCUT2D eigenvalue weighted by atomic mass is 10.0. The number of aryl methyl sites for hydroxylation is 2. The lowest BCUT2D eigenvalue weighted by molar-refractivity contribution is -0.115. The zero-order valence-electron chi connectivity index (χ0n) is 14.1. The van der Waals surface area contributed by atoms with Gasteiger partial charge in [-0.2, -0.15) is 0 Å². The number of hydrogen-bond donors (Lipinski definition) is 2. The van der Waals surface area contributed by atoms with Crippen LogP contribution in [-0.2, 0) is 17.6 Å². The third kappa shape index (κ3) is 4.85. The largest absolute Gasteiger partial charge is 0.343 e. The summed E-state index contributed by atoms with van der Waals surface area (Å²) in [6.07, 6.45) is 6.54. The fraction of sp³-hybridized carbons (Fsp3) is 0.389. The number of nitrogens with one attached hydrogen (secondary N) is 2. The molecule has 0 radical (unpaired) electrons. The van der Waals surface area contributed by atoms with E-state index in [1.165, 1.54) is 29.1 Å². The Morgan fingerprint density at radius 2 is 1.73 bits per heavy atom. The van der Waals surface area contributed by atoms with Gasteiger partial charge in [0.1, 0.15) is 11.6 Å². The molecule has 2 aromatic rings. The van der Waals surface area contributed by atoms with Crippen molar-refractivity contribution in [3.05, 3.63) is 46.0 Å². The maximum atomic E-state index is 13.1. The van der Waals surface area contributed by atoms with Gasteiger partial charge >= 0.3 is 0 Å². The van der Waals surface area contributed by atoms with E-state index in [1.807, 2.05) is 0 Å². The maximum Gasteiger partial charge on any atom is 0.251 e. The molecule has 2 amide bonds. The molecule has 1 aliphatic carbocycles. The van der Waals surface area contributed by atoms with E-state index in [9.17, 15) is 18.4 Å². The van der Waals surface area contributed by atoms with Crippen molar-refractivity contribution in [3.8, 4) is 0 Å². The number of halogens is 2. The van der Waals surface area contributed by atoms with Crippen LogP contribution in [0.15, 0.2) is 18.2 Å². The first-order chi connectivity index (χ1) is 12.5. The molecule has 0 unspecified atom stereocenters. The van der Waals surface area contributed by atoms with Crippen molar-refractivity contribution in [2.75, 3.05) is 11.9 Å². The lowest BCUT2D eigenvalue weighted by Gasteiger charge is -2.06. The number of amides is 2. The number of aromatic nitrogens is 1. The minimum atomic E-state index is -0.847. The predicted octanol–water partition coefficient (Wildman–Crippen LogP) is 3.45. The molecule has 0 atom stereocenters. The molecule has 138 valence electrons. The molecule has 0 bridgehead atoms. The quantitative estimate of drug-likeness (QED) is 0.855. The highest BCUT2D eigenvalue weighted by molar-refractivity contribution is 7.15. The lowest BCUT2D eigenvalue weighted by Crippen LogP contribution is -2.32. The van der Waals surface area contributed by atoms with Gasteiger partial charge in [0.15, 0.2) is 5.13 Å². The van der Waals surface area contributed by atoms with Crippen LogP contribution in [0.4, 0.5) is 13.9 Å². The van der Waals surface area contributed by atoms with Crippen LogP contribution in [0, 0.1) is 11.6 Å². The molecule has 0 saturated carbocycles. The van der Waals surface area contributed by atoms with Gasteiger partial charge in [-0.25, -0.2) is 13.8 Å². The van der Waals surface area contributed by atoms with Crippen LogP contribution in [-0.4, -0.2) is 23.3 Å². The molecule has 0 saturated heterocycles. The monoisotopic (exact) mass is 379 g/mol. The zero-order valence-corrected chi connectivity index (χ0v) is 14.9. The van der Waals surface area contributed by atoms with Crippen molar-refractivity contribution in [1.82, 2.24) is 10.3 Å². The van der Waals surface area contributed by atoms with E-state index in [0.29, 0.717) is 11.2 Å². The SMILES string of the molecule is O=C(CNC(=O)c1cc(F)cc(F)c1)Nc1nc2c(s1)CCCCCC2. The summed E-state index contributed by atoms with van der Waals surface area (Å²) in [4.78, 5) is 29.6. The number of thiazole rings is 1. The average molecular weight is 379 g/mol. The Bertz CT molecular complexity index is 777. The highest BCUT2D eigenvalue weighted by Crippen LogP contribution is 2.28. The minimum absolute atomic E-state index is 0.174. The molecule has 0 aliphatic heterocycles. The molecule has 3 rings (SSSR count). The number of rotatable bonds is 4. The molecule has 1 aromatic carbocycles. The molecular formula is C18H19F2N3O2S. The summed E-state index contributed by atoms with van der Waals surface area (Å²) in [5, 5.41) is 5.54. The Kier molecular flexibility index (Phi) is 5.92. The van der Waals surface area contributed by atoms with Crippen molar-refractivity contribution in [1.29, 1.82) is 0 Å². The van der Waals surface area contributed by atoms with Crippen molar-refractivity contribution in [2.45, 2.75) is 38.5 Å². The van der Waals surface area contributed by atoms with Crippen LogP contribution >= 0.6 is 11.3 Å². The van der Waals surface area contributed by atoms with Crippen molar-refractivity contribution < 1.29 is 18.4 Å². The molecule has 0 spiro atoms. The van der Waals surface area contributed by atoms with Crippen LogP contribution in [0.3, 0.4) is 0 Å². The fourth-order valence-corrected chi connectivity index (χ4v) is 3.94. The summed E-state index contributed by atoms with van der Waals surface area (Å²) in [6.45, 7) is -0.304. The second kappa shape index (κ2) is 8.35. The summed E-state index contributed by atoms with van der Waals surface area (Å²) in [5.41, 5.74) is 0.872. The van der Waals surface area contributed by atoms with Crippen LogP contribution in [0.5, 0.6) is 0 Å². The zero-order chi connectivity index (χ0) is 18.5. The summed E-state index contributed by atoms with van der Waals surface area (Å²) < 4.78 is 26.3. The Labute approximate surface area is 153 Å². The van der Waals surface area contributed by atoms with Crippen LogP contribution in [0.2, 0.25) is 0 Å². The van der Waals surface area contributed by atoms with Gasteiger partial charge in [-0.05, 0) is 37.8 Å². The molecule has 0 fully saturated rings. The average Bonchev–Trinajstić information content (AvgIpc) is 2.92. The first-order valence-electron chi connectivity index (χ1n) is 8.54. The van der Waals surface area contributed by atoms with Gasteiger partial charge in [-0.15, -0.1) is 11.3 Å². The molecule has 5 nitrogen and oxygen atoms in total. The van der Waals surface area contributed by atoms with Gasteiger partial charge in [0.05, 0.1) is 12.2 Å². The van der Waals surface area contributed by atoms with E-state index in [0.717, 1.165) is 43.5 Å². The van der Waals surface area contributed by atoms with E-state index < -0.39 is 23.4 Å². The second-order valence-electron chi connectivity index (χ2n) is 6.19. The summed E-state index contributed by atoms with van der Waals surface area (Å²) in [6, 6.07) is 2.51. The van der Waals surface area contributed by atoms with E-state index in [-0.39, 0.29) is 12.1 Å². The first kappa shape index (κ1) is 18.4. The molecule has 1 aromatic heterocycles. The number of nitrogens with zero attached hydrogens (tertiary/aromatic N) is 1. The van der Waals surface area contributed by atoms with E-state index >= 15 is 0 Å². The van der Waals surface area contributed by atoms with Crippen LogP contribution < -0.4 is 10.6 Å². The number of benzene rings is 1. The number of carbonyl (C=O) groups is 2. The Morgan fingerprint density at radius 1 is 1.04 bits per heavy atom. The van der Waals surface area contributed by atoms with E-state index in [2.05, 4.69) is 15.6 Å². The molecule has 1 heterocycles. The first-order valence-corrected chi connectivity index (χ1v) is 9.35. The minimum Gasteiger partial charge on any atom is -0.343 e. The Balaban J connectivity index is 1.55. The predicted molar refractivity (Wildman–Crippen MR) is 95.3 cm³/mol. The fourth-order valence-electron chi connectivity index (χ4n) is 2.87. The summed E-state index contributed by atoms with van der Waals surface area (Å²) in [7, 11) is 0. The highest BCUT2D eigenvalue weighted by Gasteiger charge is 2.16. The van der Waals surface area contributed by atoms with Crippen molar-refractivity contribution in [2.24, 2.45) is 0 Å². The molecule has 1 aliphatic rings. The van der Waals surface area contributed by atoms with Crippen LogP contribution in [0.1, 0.15) is 46.6 Å². The molecule has 26 heavy (non-hydrogen) atoms. The van der Waals surface area contributed by atoms with Crippen LogP contribution in [0.25, 0.3) is 0 Å². The second-order valence-corrected chi connectivity index (χ2v) is 7.28. The Morgan fingerprint density at radius 3 is 2.46 bits per heavy atom. The van der Waals surface area contributed by atoms with Gasteiger partial charge in [-0.1, -0.05) is 12.8 Å². The summed E-state index contributed by atoms with van der Waals surface area (Å²) in [5.74, 6) is -2.85. The standard InChI is InChI=1S/C18H19F2N3O2S/c19-12-7-11(8-13(20)9-12)17(25)21-10-16(24)23-18-22-14-5-3-1-2-4-6-15(14)26-18/h7-9H,1-6,10H2,(H,21,25)(H,22,23,24). The number of anilines is 1. The topological polar surface area (TPSA) is 71.1 Å². The van der Waals surface area contributed by atoms with Crippen molar-refractivity contribution in [3.63, 3.8) is 0 Å². The smallest absolute Gasteiger partial charge is 0.251 e. The number of carbonyl (C=O) groups excluding carboxylic acids is 2. The Hall–Kier alpha value is -2.35. The van der Waals surface area contributed by atoms with Gasteiger partial charge in [0.25, 0.3) is 5.91 Å². The van der Waals surface area contributed by atoms with E-state index in [4.69, 9.17) is 0 Å². The van der Waals surface area contributed by atoms with Gasteiger partial charge < -0.3 is 10.6 Å². The van der Waals surface area contributed by atoms with Gasteiger partial charge in [-0.3, -0.25) is 9.59 Å². The van der Waals surface area contributed by atoms with Gasteiger partial charge in [0, 0.05) is 16.5 Å². The third-order valence-corrected chi connectivity index (χ3v) is 5.20. The molecule has 8 heteroatoms. The third-order valence-electron chi connectivity index (χ3n) is 4.13. The normalized spacial score (nSPS) is 14.1. The summed E-state index contributed by atoms with van der Waals surface area (Å²) >= 11 is 1.47. The number of fused-ring (bicyclic) bond motifs is 1. The van der Waals surface area contributed by atoms with Crippen molar-refractivity contribution >= 4 is 28.3 Å².